The maximum absolute atomic E-state index is 12.1. The lowest BCUT2D eigenvalue weighted by Crippen LogP contribution is -2.17. The van der Waals surface area contributed by atoms with Crippen LogP contribution in [0.3, 0.4) is 0 Å². The highest BCUT2D eigenvalue weighted by atomic mass is 79.9. The largest absolute Gasteiger partial charge is 0.462 e. The van der Waals surface area contributed by atoms with Crippen LogP contribution in [-0.4, -0.2) is 17.6 Å². The summed E-state index contributed by atoms with van der Waals surface area (Å²) in [5, 5.41) is 0.869. The van der Waals surface area contributed by atoms with Gasteiger partial charge in [-0.1, -0.05) is 20.8 Å². The van der Waals surface area contributed by atoms with Crippen molar-refractivity contribution >= 4 is 44.6 Å². The lowest BCUT2D eigenvalue weighted by Gasteiger charge is -2.16. The summed E-state index contributed by atoms with van der Waals surface area (Å²) in [4.78, 5) is 18.4. The first-order valence-corrected chi connectivity index (χ1v) is 8.69. The Bertz CT molecular complexity index is 625. The van der Waals surface area contributed by atoms with Gasteiger partial charge >= 0.3 is 5.97 Å². The molecule has 0 aliphatic carbocycles. The zero-order valence-electron chi connectivity index (χ0n) is 11.8. The minimum absolute atomic E-state index is 0.189. The van der Waals surface area contributed by atoms with Crippen LogP contribution in [0.4, 0.5) is 0 Å². The number of carbonyl (C=O) groups is 1. The van der Waals surface area contributed by atoms with Crippen LogP contribution in [0, 0.1) is 0 Å². The van der Waals surface area contributed by atoms with Gasteiger partial charge in [0.25, 0.3) is 0 Å². The van der Waals surface area contributed by atoms with E-state index in [4.69, 9.17) is 4.74 Å². The molecule has 0 radical (unpaired) electrons. The van der Waals surface area contributed by atoms with Gasteiger partial charge in [-0.25, -0.2) is 9.78 Å². The molecule has 0 atom stereocenters. The number of halogens is 1. The molecule has 2 rings (SSSR count). The van der Waals surface area contributed by atoms with Crippen LogP contribution in [-0.2, 0) is 10.2 Å². The molecule has 0 saturated heterocycles. The number of nitrogens with zero attached hydrogens (tertiary/aromatic N) is 1. The summed E-state index contributed by atoms with van der Waals surface area (Å²) in [5.41, 5.74) is 0.617. The molecule has 0 aromatic carbocycles. The van der Waals surface area contributed by atoms with Crippen LogP contribution in [0.1, 0.15) is 43.1 Å². The third kappa shape index (κ3) is 3.30. The monoisotopic (exact) mass is 373 g/mol. The molecule has 0 amide bonds. The smallest absolute Gasteiger partial charge is 0.350 e. The fourth-order valence-corrected chi connectivity index (χ4v) is 4.31. The van der Waals surface area contributed by atoms with Crippen LogP contribution in [0.2, 0.25) is 0 Å². The summed E-state index contributed by atoms with van der Waals surface area (Å²) in [7, 11) is 0. The normalized spacial score (nSPS) is 11.7. The summed E-state index contributed by atoms with van der Waals surface area (Å²) in [5.74, 6) is -0.281. The highest BCUT2D eigenvalue weighted by molar-refractivity contribution is 9.11. The fourth-order valence-electron chi connectivity index (χ4n) is 1.70. The van der Waals surface area contributed by atoms with Crippen LogP contribution in [0.15, 0.2) is 15.9 Å². The molecule has 0 saturated carbocycles. The summed E-state index contributed by atoms with van der Waals surface area (Å²) >= 11 is 6.47. The zero-order chi connectivity index (χ0) is 14.9. The van der Waals surface area contributed by atoms with E-state index < -0.39 is 0 Å². The third-order valence-corrected chi connectivity index (χ3v) is 5.41. The Kier molecular flexibility index (Phi) is 4.66. The first kappa shape index (κ1) is 15.7. The number of thiazole rings is 1. The number of aromatic nitrogens is 1. The van der Waals surface area contributed by atoms with Gasteiger partial charge in [0.2, 0.25) is 0 Å². The van der Waals surface area contributed by atoms with Crippen molar-refractivity contribution in [1.29, 1.82) is 0 Å². The highest BCUT2D eigenvalue weighted by Crippen LogP contribution is 2.38. The Labute approximate surface area is 135 Å². The second-order valence-electron chi connectivity index (χ2n) is 5.27. The summed E-state index contributed by atoms with van der Waals surface area (Å²) in [6, 6.07) is 4.00. The average molecular weight is 374 g/mol. The lowest BCUT2D eigenvalue weighted by molar-refractivity contribution is 0.0529. The van der Waals surface area contributed by atoms with Gasteiger partial charge in [0.05, 0.1) is 21.0 Å². The average Bonchev–Trinajstić information content (AvgIpc) is 2.94. The second kappa shape index (κ2) is 5.95. The lowest BCUT2D eigenvalue weighted by atomic mass is 9.91. The van der Waals surface area contributed by atoms with Crippen molar-refractivity contribution in [2.45, 2.75) is 33.1 Å². The van der Waals surface area contributed by atoms with Crippen molar-refractivity contribution in [3.63, 3.8) is 0 Å². The molecular formula is C14H16BrNO2S2. The predicted octanol–water partition coefficient (Wildman–Crippen LogP) is 5.11. The molecule has 2 heterocycles. The Morgan fingerprint density at radius 2 is 2.05 bits per heavy atom. The van der Waals surface area contributed by atoms with Gasteiger partial charge < -0.3 is 4.74 Å². The Balaban J connectivity index is 2.50. The number of esters is 1. The van der Waals surface area contributed by atoms with E-state index >= 15 is 0 Å². The number of hydrogen-bond acceptors (Lipinski definition) is 5. The molecule has 6 heteroatoms. The molecule has 0 fully saturated rings. The zero-order valence-corrected chi connectivity index (χ0v) is 15.0. The van der Waals surface area contributed by atoms with E-state index in [0.717, 1.165) is 19.4 Å². The van der Waals surface area contributed by atoms with E-state index in [9.17, 15) is 4.79 Å². The number of rotatable bonds is 3. The van der Waals surface area contributed by atoms with Crippen LogP contribution >= 0.6 is 38.6 Å². The highest BCUT2D eigenvalue weighted by Gasteiger charge is 2.28. The van der Waals surface area contributed by atoms with Crippen LogP contribution in [0.25, 0.3) is 9.88 Å². The number of thiophene rings is 1. The minimum Gasteiger partial charge on any atom is -0.462 e. The fraction of sp³-hybridized carbons (Fsp3) is 0.429. The SMILES string of the molecule is CCOC(=O)c1sc(-c2ccc(Br)s2)nc1C(C)(C)C. The van der Waals surface area contributed by atoms with Gasteiger partial charge in [0.15, 0.2) is 0 Å². The minimum atomic E-state index is -0.281. The molecule has 0 aliphatic heterocycles. The summed E-state index contributed by atoms with van der Waals surface area (Å²) in [6.07, 6.45) is 0. The molecule has 2 aromatic rings. The van der Waals surface area contributed by atoms with Gasteiger partial charge in [-0.05, 0) is 35.0 Å². The van der Waals surface area contributed by atoms with Crippen molar-refractivity contribution in [1.82, 2.24) is 4.98 Å². The molecule has 2 aromatic heterocycles. The van der Waals surface area contributed by atoms with E-state index in [1.165, 1.54) is 11.3 Å². The van der Waals surface area contributed by atoms with Gasteiger partial charge in [-0.15, -0.1) is 22.7 Å². The van der Waals surface area contributed by atoms with E-state index in [1.807, 2.05) is 19.1 Å². The molecule has 0 aliphatic rings. The van der Waals surface area contributed by atoms with Crippen molar-refractivity contribution < 1.29 is 9.53 Å². The molecule has 0 spiro atoms. The van der Waals surface area contributed by atoms with Crippen molar-refractivity contribution in [3.8, 4) is 9.88 Å². The first-order valence-electron chi connectivity index (χ1n) is 6.27. The Morgan fingerprint density at radius 3 is 2.55 bits per heavy atom. The van der Waals surface area contributed by atoms with Crippen molar-refractivity contribution in [3.05, 3.63) is 26.5 Å². The van der Waals surface area contributed by atoms with Gasteiger partial charge in [-0.3, -0.25) is 0 Å². The van der Waals surface area contributed by atoms with Crippen LogP contribution in [0.5, 0.6) is 0 Å². The van der Waals surface area contributed by atoms with Gasteiger partial charge in [0.1, 0.15) is 9.88 Å². The van der Waals surface area contributed by atoms with Crippen molar-refractivity contribution in [2.24, 2.45) is 0 Å². The molecule has 20 heavy (non-hydrogen) atoms. The molecule has 0 unspecified atom stereocenters. The topological polar surface area (TPSA) is 39.2 Å². The predicted molar refractivity (Wildman–Crippen MR) is 87.8 cm³/mol. The van der Waals surface area contributed by atoms with Crippen LogP contribution < -0.4 is 0 Å². The number of hydrogen-bond donors (Lipinski definition) is 0. The standard InChI is InChI=1S/C14H16BrNO2S2/c1-5-18-13(17)10-11(14(2,3)4)16-12(20-10)8-6-7-9(15)19-8/h6-7H,5H2,1-4H3. The molecule has 3 nitrogen and oxygen atoms in total. The molecule has 0 bridgehead atoms. The molecule has 0 N–H and O–H groups in total. The van der Waals surface area contributed by atoms with Crippen molar-refractivity contribution in [2.75, 3.05) is 6.61 Å². The first-order chi connectivity index (χ1) is 9.32. The summed E-state index contributed by atoms with van der Waals surface area (Å²) < 4.78 is 6.20. The second-order valence-corrected chi connectivity index (χ2v) is 8.73. The van der Waals surface area contributed by atoms with E-state index in [0.29, 0.717) is 11.5 Å². The van der Waals surface area contributed by atoms with E-state index in [-0.39, 0.29) is 11.4 Å². The Morgan fingerprint density at radius 1 is 1.35 bits per heavy atom. The number of ether oxygens (including phenoxy) is 1. The van der Waals surface area contributed by atoms with Gasteiger partial charge in [-0.2, -0.15) is 0 Å². The third-order valence-electron chi connectivity index (χ3n) is 2.58. The maximum atomic E-state index is 12.1. The maximum Gasteiger partial charge on any atom is 0.350 e. The van der Waals surface area contributed by atoms with Gasteiger partial charge in [0, 0.05) is 5.41 Å². The van der Waals surface area contributed by atoms with E-state index in [2.05, 4.69) is 41.7 Å². The molecular weight excluding hydrogens is 358 g/mol. The Hall–Kier alpha value is -0.720. The summed E-state index contributed by atoms with van der Waals surface area (Å²) in [6.45, 7) is 8.35. The quantitative estimate of drug-likeness (QED) is 0.701. The van der Waals surface area contributed by atoms with E-state index in [1.54, 1.807) is 11.3 Å². The molecule has 108 valence electrons. The number of carbonyl (C=O) groups excluding carboxylic acids is 1.